The van der Waals surface area contributed by atoms with E-state index in [1.54, 1.807) is 0 Å². The van der Waals surface area contributed by atoms with Crippen LogP contribution in [-0.4, -0.2) is 18.2 Å². The molecule has 16 heavy (non-hydrogen) atoms. The minimum absolute atomic E-state index is 0.126. The van der Waals surface area contributed by atoms with Gasteiger partial charge in [0.25, 0.3) is 0 Å². The standard InChI is InChI=1S/C14H23NO/c1-5-13(6-2)15(4)14-8-7-12(10-16)11(3)9-14/h7-9,13,16H,5-6,10H2,1-4H3. The predicted molar refractivity (Wildman–Crippen MR) is 69.9 cm³/mol. The summed E-state index contributed by atoms with van der Waals surface area (Å²) in [4.78, 5) is 2.33. The summed E-state index contributed by atoms with van der Waals surface area (Å²) in [5.74, 6) is 0. The lowest BCUT2D eigenvalue weighted by Crippen LogP contribution is -2.30. The summed E-state index contributed by atoms with van der Waals surface area (Å²) in [5.41, 5.74) is 3.42. The Morgan fingerprint density at radius 3 is 2.31 bits per heavy atom. The van der Waals surface area contributed by atoms with Crippen LogP contribution >= 0.6 is 0 Å². The number of aliphatic hydroxyl groups is 1. The number of aliphatic hydroxyl groups excluding tert-OH is 1. The van der Waals surface area contributed by atoms with Crippen molar-refractivity contribution in [1.29, 1.82) is 0 Å². The zero-order valence-corrected chi connectivity index (χ0v) is 10.8. The van der Waals surface area contributed by atoms with Crippen LogP contribution < -0.4 is 4.90 Å². The summed E-state index contributed by atoms with van der Waals surface area (Å²) in [6, 6.07) is 6.86. The average Bonchev–Trinajstić information content (AvgIpc) is 2.30. The highest BCUT2D eigenvalue weighted by Gasteiger charge is 2.11. The van der Waals surface area contributed by atoms with E-state index in [2.05, 4.69) is 44.9 Å². The quantitative estimate of drug-likeness (QED) is 0.826. The number of benzene rings is 1. The molecular weight excluding hydrogens is 198 g/mol. The molecule has 1 aromatic rings. The fourth-order valence-corrected chi connectivity index (χ4v) is 2.12. The first-order valence-electron chi connectivity index (χ1n) is 6.07. The van der Waals surface area contributed by atoms with Crippen LogP contribution in [0.3, 0.4) is 0 Å². The van der Waals surface area contributed by atoms with Gasteiger partial charge in [-0.2, -0.15) is 0 Å². The molecule has 0 amide bonds. The maximum Gasteiger partial charge on any atom is 0.0684 e. The molecule has 2 nitrogen and oxygen atoms in total. The molecule has 0 aliphatic heterocycles. The van der Waals surface area contributed by atoms with Crippen molar-refractivity contribution < 1.29 is 5.11 Å². The van der Waals surface area contributed by atoms with Gasteiger partial charge in [0.05, 0.1) is 6.61 Å². The lowest BCUT2D eigenvalue weighted by molar-refractivity contribution is 0.281. The van der Waals surface area contributed by atoms with E-state index < -0.39 is 0 Å². The first kappa shape index (κ1) is 13.0. The molecule has 1 aromatic carbocycles. The summed E-state index contributed by atoms with van der Waals surface area (Å²) in [6.45, 7) is 6.62. The fraction of sp³-hybridized carbons (Fsp3) is 0.571. The van der Waals surface area contributed by atoms with Gasteiger partial charge in [0, 0.05) is 18.8 Å². The minimum Gasteiger partial charge on any atom is -0.392 e. The summed E-state index contributed by atoms with van der Waals surface area (Å²) in [5, 5.41) is 9.14. The Labute approximate surface area is 98.9 Å². The average molecular weight is 221 g/mol. The normalized spacial score (nSPS) is 10.9. The largest absolute Gasteiger partial charge is 0.392 e. The molecule has 0 heterocycles. The monoisotopic (exact) mass is 221 g/mol. The van der Waals surface area contributed by atoms with Crippen molar-refractivity contribution in [2.75, 3.05) is 11.9 Å². The third-order valence-electron chi connectivity index (χ3n) is 3.39. The van der Waals surface area contributed by atoms with Crippen LogP contribution in [0, 0.1) is 6.92 Å². The van der Waals surface area contributed by atoms with E-state index >= 15 is 0 Å². The van der Waals surface area contributed by atoms with Crippen LogP contribution in [0.15, 0.2) is 18.2 Å². The second-order valence-corrected chi connectivity index (χ2v) is 4.35. The van der Waals surface area contributed by atoms with Crippen molar-refractivity contribution in [3.8, 4) is 0 Å². The molecule has 0 aliphatic carbocycles. The highest BCUT2D eigenvalue weighted by molar-refractivity contribution is 5.50. The van der Waals surface area contributed by atoms with Crippen LogP contribution in [0.2, 0.25) is 0 Å². The maximum atomic E-state index is 9.14. The maximum absolute atomic E-state index is 9.14. The van der Waals surface area contributed by atoms with E-state index in [4.69, 9.17) is 5.11 Å². The highest BCUT2D eigenvalue weighted by Crippen LogP contribution is 2.22. The lowest BCUT2D eigenvalue weighted by Gasteiger charge is -2.29. The smallest absolute Gasteiger partial charge is 0.0684 e. The van der Waals surface area contributed by atoms with Gasteiger partial charge in [-0.1, -0.05) is 19.9 Å². The summed E-state index contributed by atoms with van der Waals surface area (Å²) in [7, 11) is 2.14. The second kappa shape index (κ2) is 5.90. The van der Waals surface area contributed by atoms with Crippen molar-refractivity contribution in [3.05, 3.63) is 29.3 Å². The number of hydrogen-bond acceptors (Lipinski definition) is 2. The van der Waals surface area contributed by atoms with Gasteiger partial charge in [-0.15, -0.1) is 0 Å². The molecule has 0 aliphatic rings. The molecule has 0 unspecified atom stereocenters. The Hall–Kier alpha value is -1.02. The second-order valence-electron chi connectivity index (χ2n) is 4.35. The molecule has 2 heteroatoms. The number of nitrogens with zero attached hydrogens (tertiary/aromatic N) is 1. The fourth-order valence-electron chi connectivity index (χ4n) is 2.12. The topological polar surface area (TPSA) is 23.5 Å². The third-order valence-corrected chi connectivity index (χ3v) is 3.39. The number of rotatable bonds is 5. The molecular formula is C14H23NO. The van der Waals surface area contributed by atoms with Crippen LogP contribution in [0.1, 0.15) is 37.8 Å². The van der Waals surface area contributed by atoms with Gasteiger partial charge in [0.15, 0.2) is 0 Å². The molecule has 90 valence electrons. The van der Waals surface area contributed by atoms with Gasteiger partial charge in [-0.3, -0.25) is 0 Å². The minimum atomic E-state index is 0.126. The molecule has 0 saturated carbocycles. The molecule has 0 bridgehead atoms. The Bertz CT molecular complexity index is 332. The van der Waals surface area contributed by atoms with E-state index in [0.717, 1.165) is 24.0 Å². The molecule has 1 rings (SSSR count). The molecule has 0 aromatic heterocycles. The number of hydrogen-bond donors (Lipinski definition) is 1. The summed E-state index contributed by atoms with van der Waals surface area (Å²) in [6.07, 6.45) is 2.32. The molecule has 0 atom stereocenters. The first-order chi connectivity index (χ1) is 7.63. The predicted octanol–water partition coefficient (Wildman–Crippen LogP) is 3.11. The van der Waals surface area contributed by atoms with Gasteiger partial charge < -0.3 is 10.0 Å². The van der Waals surface area contributed by atoms with Gasteiger partial charge in [0.2, 0.25) is 0 Å². The van der Waals surface area contributed by atoms with Gasteiger partial charge >= 0.3 is 0 Å². The van der Waals surface area contributed by atoms with Crippen molar-refractivity contribution in [3.63, 3.8) is 0 Å². The van der Waals surface area contributed by atoms with Gasteiger partial charge in [0.1, 0.15) is 0 Å². The van der Waals surface area contributed by atoms with Crippen molar-refractivity contribution in [2.24, 2.45) is 0 Å². The zero-order chi connectivity index (χ0) is 12.1. The van der Waals surface area contributed by atoms with Crippen molar-refractivity contribution in [2.45, 2.75) is 46.3 Å². The Morgan fingerprint density at radius 1 is 1.25 bits per heavy atom. The molecule has 1 N–H and O–H groups in total. The SMILES string of the molecule is CCC(CC)N(C)c1ccc(CO)c(C)c1. The first-order valence-corrected chi connectivity index (χ1v) is 6.07. The Kier molecular flexibility index (Phi) is 4.81. The molecule has 0 spiro atoms. The molecule has 0 radical (unpaired) electrons. The van der Waals surface area contributed by atoms with Crippen LogP contribution in [-0.2, 0) is 6.61 Å². The van der Waals surface area contributed by atoms with E-state index in [1.165, 1.54) is 5.69 Å². The van der Waals surface area contributed by atoms with E-state index in [-0.39, 0.29) is 6.61 Å². The van der Waals surface area contributed by atoms with E-state index in [1.807, 2.05) is 6.07 Å². The van der Waals surface area contributed by atoms with Crippen molar-refractivity contribution in [1.82, 2.24) is 0 Å². The molecule has 0 saturated heterocycles. The van der Waals surface area contributed by atoms with Gasteiger partial charge in [-0.25, -0.2) is 0 Å². The highest BCUT2D eigenvalue weighted by atomic mass is 16.3. The van der Waals surface area contributed by atoms with Gasteiger partial charge in [-0.05, 0) is 43.0 Å². The van der Waals surface area contributed by atoms with E-state index in [0.29, 0.717) is 6.04 Å². The number of aryl methyl sites for hydroxylation is 1. The third kappa shape index (κ3) is 2.76. The van der Waals surface area contributed by atoms with E-state index in [9.17, 15) is 0 Å². The van der Waals surface area contributed by atoms with Crippen LogP contribution in [0.5, 0.6) is 0 Å². The van der Waals surface area contributed by atoms with Crippen LogP contribution in [0.4, 0.5) is 5.69 Å². The zero-order valence-electron chi connectivity index (χ0n) is 10.8. The van der Waals surface area contributed by atoms with Crippen LogP contribution in [0.25, 0.3) is 0 Å². The summed E-state index contributed by atoms with van der Waals surface area (Å²) < 4.78 is 0. The lowest BCUT2D eigenvalue weighted by atomic mass is 10.1. The van der Waals surface area contributed by atoms with Crippen molar-refractivity contribution >= 4 is 5.69 Å². The Morgan fingerprint density at radius 2 is 1.88 bits per heavy atom. The number of anilines is 1. The Balaban J connectivity index is 2.91. The summed E-state index contributed by atoms with van der Waals surface area (Å²) >= 11 is 0. The molecule has 0 fully saturated rings.